The van der Waals surface area contributed by atoms with Gasteiger partial charge in [-0.05, 0) is 12.1 Å². The number of hydrogen-bond donors (Lipinski definition) is 1. The Morgan fingerprint density at radius 1 is 1.18 bits per heavy atom. The average molecular weight is 397 g/mol. The molecule has 2 heterocycles. The molecule has 0 saturated heterocycles. The van der Waals surface area contributed by atoms with Crippen LogP contribution in [0.5, 0.6) is 5.75 Å². The summed E-state index contributed by atoms with van der Waals surface area (Å²) in [4.78, 5) is 22.9. The number of benzene rings is 2. The number of aromatic nitrogens is 3. The second-order valence-corrected chi connectivity index (χ2v) is 6.60. The monoisotopic (exact) mass is 397 g/mol. The summed E-state index contributed by atoms with van der Waals surface area (Å²) in [6, 6.07) is 9.50. The van der Waals surface area contributed by atoms with Gasteiger partial charge in [0, 0.05) is 23.8 Å². The van der Waals surface area contributed by atoms with E-state index in [0.29, 0.717) is 11.5 Å². The number of nitrogens with zero attached hydrogens (tertiary/aromatic N) is 4. The zero-order valence-corrected chi connectivity index (χ0v) is 15.2. The Bertz CT molecular complexity index is 1200. The van der Waals surface area contributed by atoms with Crippen molar-refractivity contribution in [2.75, 3.05) is 12.4 Å². The fourth-order valence-corrected chi connectivity index (χ4v) is 3.40. The predicted octanol–water partition coefficient (Wildman–Crippen LogP) is 4.55. The molecule has 0 bridgehead atoms. The molecule has 0 fully saturated rings. The minimum absolute atomic E-state index is 0.120. The van der Waals surface area contributed by atoms with Crippen LogP contribution in [0.15, 0.2) is 48.2 Å². The molecule has 0 atom stereocenters. The van der Waals surface area contributed by atoms with Crippen LogP contribution >= 0.6 is 11.3 Å². The van der Waals surface area contributed by atoms with E-state index in [-0.39, 0.29) is 11.4 Å². The number of fused-ring (bicyclic) bond motifs is 1. The van der Waals surface area contributed by atoms with Gasteiger partial charge in [0.25, 0.3) is 0 Å². The van der Waals surface area contributed by atoms with E-state index in [2.05, 4.69) is 20.3 Å². The molecule has 0 amide bonds. The van der Waals surface area contributed by atoms with Gasteiger partial charge >= 0.3 is 5.69 Å². The van der Waals surface area contributed by atoms with Crippen LogP contribution in [0.1, 0.15) is 0 Å². The molecule has 0 aliphatic carbocycles. The predicted molar refractivity (Wildman–Crippen MR) is 104 cm³/mol. The van der Waals surface area contributed by atoms with Crippen LogP contribution in [0.3, 0.4) is 0 Å². The second-order valence-electron chi connectivity index (χ2n) is 5.71. The smallest absolute Gasteiger partial charge is 0.307 e. The zero-order valence-electron chi connectivity index (χ0n) is 14.4. The third-order valence-electron chi connectivity index (χ3n) is 4.02. The van der Waals surface area contributed by atoms with E-state index in [1.54, 1.807) is 11.6 Å². The minimum Gasteiger partial charge on any atom is -0.494 e. The van der Waals surface area contributed by atoms with Crippen molar-refractivity contribution >= 4 is 38.7 Å². The fourth-order valence-electron chi connectivity index (χ4n) is 2.69. The number of ether oxygens (including phenoxy) is 1. The van der Waals surface area contributed by atoms with Crippen molar-refractivity contribution in [3.05, 3.63) is 64.2 Å². The van der Waals surface area contributed by atoms with Crippen molar-refractivity contribution < 1.29 is 14.1 Å². The van der Waals surface area contributed by atoms with Gasteiger partial charge < -0.3 is 10.1 Å². The van der Waals surface area contributed by atoms with Gasteiger partial charge in [0.1, 0.15) is 17.9 Å². The van der Waals surface area contributed by atoms with Gasteiger partial charge in [-0.15, -0.1) is 11.3 Å². The molecular formula is C18H12FN5O3S. The lowest BCUT2D eigenvalue weighted by Gasteiger charge is -2.11. The maximum atomic E-state index is 13.8. The number of thiazole rings is 1. The van der Waals surface area contributed by atoms with Gasteiger partial charge in [-0.1, -0.05) is 6.07 Å². The molecule has 28 heavy (non-hydrogen) atoms. The highest BCUT2D eigenvalue weighted by atomic mass is 32.1. The standard InChI is InChI=1S/C18H12FN5O3S/c1-27-16-5-11(19)15(24(25)26)6-14(16)23-18-7-13(20-8-21-18)10-2-3-12-17(4-10)28-9-22-12/h2-9H,1H3,(H,20,21,23). The van der Waals surface area contributed by atoms with Crippen molar-refractivity contribution in [1.82, 2.24) is 15.0 Å². The number of nitrogens with one attached hydrogen (secondary N) is 1. The van der Waals surface area contributed by atoms with Crippen LogP contribution < -0.4 is 10.1 Å². The van der Waals surface area contributed by atoms with E-state index in [4.69, 9.17) is 4.74 Å². The first-order valence-corrected chi connectivity index (χ1v) is 8.88. The lowest BCUT2D eigenvalue weighted by molar-refractivity contribution is -0.387. The lowest BCUT2D eigenvalue weighted by Crippen LogP contribution is -2.01. The van der Waals surface area contributed by atoms with Gasteiger partial charge in [-0.2, -0.15) is 4.39 Å². The number of nitro groups is 1. The maximum Gasteiger partial charge on any atom is 0.307 e. The summed E-state index contributed by atoms with van der Waals surface area (Å²) in [5.41, 5.74) is 3.77. The number of nitro benzene ring substituents is 1. The van der Waals surface area contributed by atoms with Crippen molar-refractivity contribution in [2.24, 2.45) is 0 Å². The van der Waals surface area contributed by atoms with Gasteiger partial charge in [0.15, 0.2) is 0 Å². The Morgan fingerprint density at radius 2 is 2.04 bits per heavy atom. The van der Waals surface area contributed by atoms with E-state index >= 15 is 0 Å². The fraction of sp³-hybridized carbons (Fsp3) is 0.0556. The lowest BCUT2D eigenvalue weighted by atomic mass is 10.1. The highest BCUT2D eigenvalue weighted by Gasteiger charge is 2.19. The molecule has 10 heteroatoms. The molecule has 0 radical (unpaired) electrons. The molecule has 0 unspecified atom stereocenters. The normalized spacial score (nSPS) is 10.8. The summed E-state index contributed by atoms with van der Waals surface area (Å²) in [5.74, 6) is -0.475. The molecule has 0 spiro atoms. The van der Waals surface area contributed by atoms with Crippen LogP contribution in [0.2, 0.25) is 0 Å². The molecule has 140 valence electrons. The first-order valence-electron chi connectivity index (χ1n) is 8.00. The Labute approximate surface area is 161 Å². The van der Waals surface area contributed by atoms with E-state index in [9.17, 15) is 14.5 Å². The van der Waals surface area contributed by atoms with E-state index in [1.807, 2.05) is 18.2 Å². The Morgan fingerprint density at radius 3 is 2.82 bits per heavy atom. The zero-order chi connectivity index (χ0) is 19.7. The number of hydrogen-bond acceptors (Lipinski definition) is 8. The molecule has 0 aliphatic rings. The minimum atomic E-state index is -0.978. The molecule has 8 nitrogen and oxygen atoms in total. The SMILES string of the molecule is COc1cc(F)c([N+](=O)[O-])cc1Nc1cc(-c2ccc3ncsc3c2)ncn1. The number of methoxy groups -OCH3 is 1. The summed E-state index contributed by atoms with van der Waals surface area (Å²) in [6.07, 6.45) is 1.37. The maximum absolute atomic E-state index is 13.8. The molecule has 0 saturated carbocycles. The molecule has 4 aromatic rings. The Balaban J connectivity index is 1.70. The molecule has 1 N–H and O–H groups in total. The molecule has 2 aromatic carbocycles. The third-order valence-corrected chi connectivity index (χ3v) is 4.81. The van der Waals surface area contributed by atoms with Crippen molar-refractivity contribution in [3.8, 4) is 17.0 Å². The van der Waals surface area contributed by atoms with Crippen molar-refractivity contribution in [3.63, 3.8) is 0 Å². The van der Waals surface area contributed by atoms with E-state index in [1.165, 1.54) is 24.8 Å². The summed E-state index contributed by atoms with van der Waals surface area (Å²) < 4.78 is 20.0. The summed E-state index contributed by atoms with van der Waals surface area (Å²) in [5, 5.41) is 13.9. The Kier molecular flexibility index (Phi) is 4.53. The first kappa shape index (κ1) is 17.7. The molecular weight excluding hydrogens is 385 g/mol. The Hall–Kier alpha value is -3.66. The van der Waals surface area contributed by atoms with E-state index in [0.717, 1.165) is 27.9 Å². The largest absolute Gasteiger partial charge is 0.494 e. The second kappa shape index (κ2) is 7.16. The molecule has 2 aromatic heterocycles. The van der Waals surface area contributed by atoms with Crippen LogP contribution in [0.25, 0.3) is 21.5 Å². The summed E-state index contributed by atoms with van der Waals surface area (Å²) in [6.45, 7) is 0. The third kappa shape index (κ3) is 3.32. The molecule has 4 rings (SSSR count). The van der Waals surface area contributed by atoms with Crippen LogP contribution in [-0.4, -0.2) is 27.0 Å². The van der Waals surface area contributed by atoms with Crippen molar-refractivity contribution in [1.29, 1.82) is 0 Å². The number of anilines is 2. The highest BCUT2D eigenvalue weighted by Crippen LogP contribution is 2.34. The number of halogens is 1. The van der Waals surface area contributed by atoms with E-state index < -0.39 is 16.4 Å². The highest BCUT2D eigenvalue weighted by molar-refractivity contribution is 7.16. The first-order chi connectivity index (χ1) is 13.5. The van der Waals surface area contributed by atoms with Crippen LogP contribution in [0.4, 0.5) is 21.6 Å². The summed E-state index contributed by atoms with van der Waals surface area (Å²) >= 11 is 1.53. The average Bonchev–Trinajstić information content (AvgIpc) is 3.17. The van der Waals surface area contributed by atoms with Crippen LogP contribution in [-0.2, 0) is 0 Å². The van der Waals surface area contributed by atoms with Crippen LogP contribution in [0, 0.1) is 15.9 Å². The summed E-state index contributed by atoms with van der Waals surface area (Å²) in [7, 11) is 1.35. The number of rotatable bonds is 5. The van der Waals surface area contributed by atoms with Gasteiger partial charge in [-0.3, -0.25) is 10.1 Å². The van der Waals surface area contributed by atoms with Gasteiger partial charge in [0.2, 0.25) is 5.82 Å². The quantitative estimate of drug-likeness (QED) is 0.389. The van der Waals surface area contributed by atoms with Crippen molar-refractivity contribution in [2.45, 2.75) is 0 Å². The van der Waals surface area contributed by atoms with Gasteiger partial charge in [0.05, 0.1) is 39.1 Å². The molecule has 0 aliphatic heterocycles. The topological polar surface area (TPSA) is 103 Å². The van der Waals surface area contributed by atoms with Gasteiger partial charge in [-0.25, -0.2) is 15.0 Å².